The highest BCUT2D eigenvalue weighted by Crippen LogP contribution is 2.38. The molecule has 1 spiro atoms. The number of rotatable bonds is 2. The molecule has 0 radical (unpaired) electrons. The Balaban J connectivity index is 1.54. The van der Waals surface area contributed by atoms with E-state index in [9.17, 15) is 14.4 Å². The Labute approximate surface area is 167 Å². The van der Waals surface area contributed by atoms with Gasteiger partial charge in [-0.2, -0.15) is 9.69 Å². The maximum absolute atomic E-state index is 12.9. The lowest BCUT2D eigenvalue weighted by Gasteiger charge is -2.30. The number of carbonyl (C=O) groups excluding carboxylic acids is 2. The molecule has 5 rings (SSSR count). The molecule has 3 aliphatic rings. The lowest BCUT2D eigenvalue weighted by molar-refractivity contribution is -0.159. The van der Waals surface area contributed by atoms with Crippen LogP contribution in [0.3, 0.4) is 0 Å². The Kier molecular flexibility index (Phi) is 4.22. The number of allylic oxidation sites excluding steroid dienone is 1. The zero-order valence-electron chi connectivity index (χ0n) is 16.3. The Bertz CT molecular complexity index is 1090. The summed E-state index contributed by atoms with van der Waals surface area (Å²) in [5.74, 6) is -1.15. The summed E-state index contributed by atoms with van der Waals surface area (Å²) in [6.07, 6.45) is 5.54. The van der Waals surface area contributed by atoms with Gasteiger partial charge in [0.15, 0.2) is 5.79 Å². The van der Waals surface area contributed by atoms with Crippen molar-refractivity contribution in [2.75, 3.05) is 18.2 Å². The summed E-state index contributed by atoms with van der Waals surface area (Å²) in [6.45, 7) is 1.28. The van der Waals surface area contributed by atoms with Gasteiger partial charge in [0.2, 0.25) is 11.8 Å². The molecule has 3 heterocycles. The molecular weight excluding hydrogens is 374 g/mol. The highest BCUT2D eigenvalue weighted by Gasteiger charge is 2.38. The number of imide groups is 1. The van der Waals surface area contributed by atoms with Crippen molar-refractivity contribution in [1.82, 2.24) is 9.24 Å². The first kappa shape index (κ1) is 18.3. The zero-order valence-corrected chi connectivity index (χ0v) is 16.3. The molecule has 8 nitrogen and oxygen atoms in total. The number of benzene rings is 1. The van der Waals surface area contributed by atoms with E-state index in [2.05, 4.69) is 6.08 Å². The van der Waals surface area contributed by atoms with Gasteiger partial charge < -0.3 is 9.47 Å². The minimum atomic E-state index is -0.473. The van der Waals surface area contributed by atoms with E-state index < -0.39 is 11.5 Å². The van der Waals surface area contributed by atoms with Crippen LogP contribution in [0.15, 0.2) is 29.1 Å². The van der Waals surface area contributed by atoms with E-state index in [0.717, 1.165) is 23.4 Å². The minimum absolute atomic E-state index is 0.269. The summed E-state index contributed by atoms with van der Waals surface area (Å²) >= 11 is 0. The summed E-state index contributed by atoms with van der Waals surface area (Å²) in [5, 5.41) is 1.01. The van der Waals surface area contributed by atoms with Crippen LogP contribution in [-0.4, -0.2) is 40.1 Å². The Morgan fingerprint density at radius 1 is 0.966 bits per heavy atom. The van der Waals surface area contributed by atoms with E-state index in [1.165, 1.54) is 14.8 Å². The molecule has 0 unspecified atom stereocenters. The van der Waals surface area contributed by atoms with Gasteiger partial charge in [0.1, 0.15) is 0 Å². The van der Waals surface area contributed by atoms with Gasteiger partial charge in [-0.15, -0.1) is 0 Å². The van der Waals surface area contributed by atoms with Gasteiger partial charge >= 0.3 is 5.69 Å². The molecule has 0 saturated carbocycles. The molecule has 1 aromatic heterocycles. The van der Waals surface area contributed by atoms with Crippen LogP contribution in [0.25, 0.3) is 16.6 Å². The highest BCUT2D eigenvalue weighted by atomic mass is 16.7. The third-order valence-corrected chi connectivity index (χ3v) is 6.11. The van der Waals surface area contributed by atoms with E-state index in [4.69, 9.17) is 9.47 Å². The molecule has 29 heavy (non-hydrogen) atoms. The van der Waals surface area contributed by atoms with Crippen LogP contribution in [0.2, 0.25) is 0 Å². The first-order valence-corrected chi connectivity index (χ1v) is 10.0. The molecule has 2 saturated heterocycles. The second kappa shape index (κ2) is 6.67. The fourth-order valence-electron chi connectivity index (χ4n) is 4.51. The molecule has 2 aliphatic heterocycles. The van der Waals surface area contributed by atoms with Crippen molar-refractivity contribution in [3.8, 4) is 0 Å². The average Bonchev–Trinajstić information content (AvgIpc) is 3.27. The smallest absolute Gasteiger partial charge is 0.347 e. The van der Waals surface area contributed by atoms with Crippen LogP contribution in [0, 0.1) is 0 Å². The number of nitrogens with zero attached hydrogens (tertiary/aromatic N) is 3. The number of amides is 2. The van der Waals surface area contributed by atoms with E-state index >= 15 is 0 Å². The van der Waals surface area contributed by atoms with E-state index in [1.54, 1.807) is 7.05 Å². The number of piperidine rings is 1. The molecule has 8 heteroatoms. The third-order valence-electron chi connectivity index (χ3n) is 6.11. The van der Waals surface area contributed by atoms with Crippen molar-refractivity contribution in [2.45, 2.75) is 44.3 Å². The molecule has 0 bridgehead atoms. The predicted octanol–water partition coefficient (Wildman–Crippen LogP) is 1.83. The predicted molar refractivity (Wildman–Crippen MR) is 106 cm³/mol. The number of aryl methyl sites for hydroxylation is 1. The Morgan fingerprint density at radius 2 is 1.69 bits per heavy atom. The van der Waals surface area contributed by atoms with Crippen LogP contribution in [0.4, 0.5) is 0 Å². The summed E-state index contributed by atoms with van der Waals surface area (Å²) in [4.78, 5) is 37.6. The van der Waals surface area contributed by atoms with Gasteiger partial charge in [-0.1, -0.05) is 12.1 Å². The number of imidazole rings is 1. The van der Waals surface area contributed by atoms with Crippen LogP contribution in [-0.2, 0) is 26.1 Å². The fourth-order valence-corrected chi connectivity index (χ4v) is 4.51. The zero-order chi connectivity index (χ0) is 20.2. The average molecular weight is 397 g/mol. The van der Waals surface area contributed by atoms with Crippen molar-refractivity contribution < 1.29 is 19.1 Å². The maximum Gasteiger partial charge on any atom is 0.348 e. The highest BCUT2D eigenvalue weighted by molar-refractivity contribution is 6.11. The summed E-state index contributed by atoms with van der Waals surface area (Å²) < 4.78 is 14.3. The molecule has 152 valence electrons. The lowest BCUT2D eigenvalue weighted by Crippen LogP contribution is -2.52. The Hall–Kier alpha value is -2.71. The van der Waals surface area contributed by atoms with Crippen molar-refractivity contribution in [1.29, 1.82) is 0 Å². The number of hydrogen-bond acceptors (Lipinski definition) is 5. The first-order chi connectivity index (χ1) is 14.0. The number of ether oxygens (including phenoxy) is 2. The molecule has 0 N–H and O–H groups in total. The van der Waals surface area contributed by atoms with Crippen LogP contribution in [0.5, 0.6) is 0 Å². The second-order valence-corrected chi connectivity index (χ2v) is 7.85. The monoisotopic (exact) mass is 397 g/mol. The van der Waals surface area contributed by atoms with Crippen LogP contribution in [0.1, 0.15) is 44.1 Å². The third kappa shape index (κ3) is 2.86. The molecule has 0 atom stereocenters. The van der Waals surface area contributed by atoms with Gasteiger partial charge in [-0.05, 0) is 36.1 Å². The Morgan fingerprint density at radius 3 is 2.34 bits per heavy atom. The lowest BCUT2D eigenvalue weighted by atomic mass is 9.89. The van der Waals surface area contributed by atoms with Gasteiger partial charge in [0.25, 0.3) is 0 Å². The van der Waals surface area contributed by atoms with Crippen LogP contribution < -0.4 is 10.7 Å². The standard InChI is InChI=1S/C21H23N3O5/c1-22-17-13-15(14-7-9-21(10-8-14)28-11-12-29-21)5-6-16(17)23(20(22)27)24-18(25)3-2-4-19(24)26/h5-7,13H,2-4,8-12H2,1H3. The summed E-state index contributed by atoms with van der Waals surface area (Å²) in [5.41, 5.74) is 3.05. The van der Waals surface area contributed by atoms with Gasteiger partial charge in [0, 0.05) is 32.7 Å². The number of hydrogen-bond donors (Lipinski definition) is 0. The normalized spacial score (nSPS) is 22.0. The van der Waals surface area contributed by atoms with E-state index in [-0.39, 0.29) is 24.7 Å². The molecular formula is C21H23N3O5. The first-order valence-electron chi connectivity index (χ1n) is 10.0. The second-order valence-electron chi connectivity index (χ2n) is 7.85. The van der Waals surface area contributed by atoms with Crippen LogP contribution >= 0.6 is 0 Å². The SMILES string of the molecule is Cn1c(=O)n(N2C(=O)CCCC2=O)c2ccc(C3=CCC4(CC3)OCCO4)cc21. The molecule has 2 amide bonds. The molecule has 1 aliphatic carbocycles. The van der Waals surface area contributed by atoms with E-state index in [0.29, 0.717) is 37.1 Å². The molecule has 2 aromatic rings. The topological polar surface area (TPSA) is 82.8 Å². The number of fused-ring (bicyclic) bond motifs is 1. The van der Waals surface area contributed by atoms with Crippen molar-refractivity contribution in [2.24, 2.45) is 7.05 Å². The largest absolute Gasteiger partial charge is 0.348 e. The maximum atomic E-state index is 12.9. The number of aromatic nitrogens is 2. The molecule has 1 aromatic carbocycles. The summed E-state index contributed by atoms with van der Waals surface area (Å²) in [7, 11) is 1.66. The van der Waals surface area contributed by atoms with Gasteiger partial charge in [-0.3, -0.25) is 14.2 Å². The molecule has 2 fully saturated rings. The van der Waals surface area contributed by atoms with Gasteiger partial charge in [0.05, 0.1) is 24.2 Å². The quantitative estimate of drug-likeness (QED) is 0.722. The summed E-state index contributed by atoms with van der Waals surface area (Å²) in [6, 6.07) is 5.71. The number of carbonyl (C=O) groups is 2. The van der Waals surface area contributed by atoms with Crippen molar-refractivity contribution in [3.05, 3.63) is 40.3 Å². The minimum Gasteiger partial charge on any atom is -0.347 e. The van der Waals surface area contributed by atoms with E-state index in [1.807, 2.05) is 18.2 Å². The van der Waals surface area contributed by atoms with Crippen molar-refractivity contribution in [3.63, 3.8) is 0 Å². The van der Waals surface area contributed by atoms with Gasteiger partial charge in [-0.25, -0.2) is 4.79 Å². The van der Waals surface area contributed by atoms with Crippen molar-refractivity contribution >= 4 is 28.4 Å². The fraction of sp³-hybridized carbons (Fsp3) is 0.476.